The van der Waals surface area contributed by atoms with E-state index in [1.165, 1.54) is 32.1 Å². The number of aryl methyl sites for hydroxylation is 1. The summed E-state index contributed by atoms with van der Waals surface area (Å²) in [5.41, 5.74) is 6.82. The number of nitrogens with two attached hydrogens (primary N) is 1. The maximum atomic E-state index is 12.3. The number of fused-ring (bicyclic) bond motifs is 1. The van der Waals surface area contributed by atoms with Crippen molar-refractivity contribution in [3.63, 3.8) is 0 Å². The zero-order valence-electron chi connectivity index (χ0n) is 14.5. The summed E-state index contributed by atoms with van der Waals surface area (Å²) in [6.45, 7) is 0.516. The third kappa shape index (κ3) is 5.40. The highest BCUT2D eigenvalue weighted by atomic mass is 35.5. The van der Waals surface area contributed by atoms with Gasteiger partial charge in [-0.25, -0.2) is 4.98 Å². The Morgan fingerprint density at radius 1 is 1.36 bits per heavy atom. The van der Waals surface area contributed by atoms with Gasteiger partial charge in [0, 0.05) is 30.5 Å². The van der Waals surface area contributed by atoms with Crippen molar-refractivity contribution in [2.75, 3.05) is 6.54 Å². The first-order chi connectivity index (χ1) is 12.1. The van der Waals surface area contributed by atoms with E-state index in [4.69, 9.17) is 17.3 Å². The van der Waals surface area contributed by atoms with Gasteiger partial charge >= 0.3 is 0 Å². The lowest BCUT2D eigenvalue weighted by molar-refractivity contribution is -0.121. The van der Waals surface area contributed by atoms with E-state index in [0.29, 0.717) is 24.4 Å². The van der Waals surface area contributed by atoms with Crippen LogP contribution in [-0.4, -0.2) is 23.5 Å². The number of nitrogens with one attached hydrogen (secondary N) is 1. The van der Waals surface area contributed by atoms with Crippen LogP contribution in [-0.2, 0) is 11.2 Å². The quantitative estimate of drug-likeness (QED) is 0.753. The number of carbonyl (C=O) groups is 1. The second-order valence-corrected chi connectivity index (χ2v) is 8.51. The SMILES string of the molecule is NCC(CC1CCCCC1)NC(=O)CCc1nc2ccc(Cl)cc2s1. The fourth-order valence-electron chi connectivity index (χ4n) is 3.61. The van der Waals surface area contributed by atoms with Crippen molar-refractivity contribution in [3.05, 3.63) is 28.2 Å². The van der Waals surface area contributed by atoms with Gasteiger partial charge in [0.2, 0.25) is 5.91 Å². The molecule has 1 atom stereocenters. The summed E-state index contributed by atoms with van der Waals surface area (Å²) in [6, 6.07) is 5.79. The maximum absolute atomic E-state index is 12.3. The highest BCUT2D eigenvalue weighted by Crippen LogP contribution is 2.28. The number of benzene rings is 1. The molecule has 6 heteroatoms. The maximum Gasteiger partial charge on any atom is 0.220 e. The summed E-state index contributed by atoms with van der Waals surface area (Å²) in [5, 5.41) is 4.81. The van der Waals surface area contributed by atoms with Crippen molar-refractivity contribution in [1.82, 2.24) is 10.3 Å². The van der Waals surface area contributed by atoms with Gasteiger partial charge in [0.25, 0.3) is 0 Å². The van der Waals surface area contributed by atoms with Gasteiger partial charge in [-0.3, -0.25) is 4.79 Å². The molecule has 0 spiro atoms. The third-order valence-corrected chi connectivity index (χ3v) is 6.27. The number of halogens is 1. The fourth-order valence-corrected chi connectivity index (χ4v) is 4.86. The number of amides is 1. The largest absolute Gasteiger partial charge is 0.352 e. The Morgan fingerprint density at radius 2 is 2.16 bits per heavy atom. The average molecular weight is 380 g/mol. The lowest BCUT2D eigenvalue weighted by atomic mass is 9.85. The van der Waals surface area contributed by atoms with Crippen LogP contribution in [0, 0.1) is 5.92 Å². The minimum absolute atomic E-state index is 0.0727. The van der Waals surface area contributed by atoms with Crippen LogP contribution in [0.1, 0.15) is 50.0 Å². The molecule has 1 aromatic carbocycles. The first-order valence-electron chi connectivity index (χ1n) is 9.18. The molecule has 136 valence electrons. The zero-order chi connectivity index (χ0) is 17.6. The summed E-state index contributed by atoms with van der Waals surface area (Å²) in [6.07, 6.45) is 8.67. The summed E-state index contributed by atoms with van der Waals surface area (Å²) in [5.74, 6) is 0.792. The lowest BCUT2D eigenvalue weighted by Crippen LogP contribution is -2.41. The summed E-state index contributed by atoms with van der Waals surface area (Å²) < 4.78 is 1.07. The molecule has 1 fully saturated rings. The van der Waals surface area contributed by atoms with Gasteiger partial charge in [-0.2, -0.15) is 0 Å². The van der Waals surface area contributed by atoms with Gasteiger partial charge in [-0.05, 0) is 30.5 Å². The van der Waals surface area contributed by atoms with Crippen LogP contribution < -0.4 is 11.1 Å². The van der Waals surface area contributed by atoms with Gasteiger partial charge in [-0.1, -0.05) is 43.7 Å². The molecule has 1 aliphatic carbocycles. The molecule has 0 radical (unpaired) electrons. The minimum atomic E-state index is 0.0727. The van der Waals surface area contributed by atoms with Gasteiger partial charge < -0.3 is 11.1 Å². The smallest absolute Gasteiger partial charge is 0.220 e. The van der Waals surface area contributed by atoms with E-state index in [1.807, 2.05) is 18.2 Å². The third-order valence-electron chi connectivity index (χ3n) is 4.95. The van der Waals surface area contributed by atoms with Crippen molar-refractivity contribution in [1.29, 1.82) is 0 Å². The highest BCUT2D eigenvalue weighted by Gasteiger charge is 2.19. The molecular weight excluding hydrogens is 354 g/mol. The Bertz CT molecular complexity index is 712. The molecule has 1 heterocycles. The van der Waals surface area contributed by atoms with Crippen molar-refractivity contribution >= 4 is 39.1 Å². The van der Waals surface area contributed by atoms with Crippen molar-refractivity contribution < 1.29 is 4.79 Å². The van der Waals surface area contributed by atoms with Crippen LogP contribution in [0.5, 0.6) is 0 Å². The normalized spacial score (nSPS) is 16.9. The molecule has 1 amide bonds. The Labute approximate surface area is 158 Å². The lowest BCUT2D eigenvalue weighted by Gasteiger charge is -2.26. The number of rotatable bonds is 7. The Balaban J connectivity index is 1.48. The Kier molecular flexibility index (Phi) is 6.68. The molecule has 1 aliphatic rings. The van der Waals surface area contributed by atoms with Crippen molar-refractivity contribution in [2.24, 2.45) is 11.7 Å². The van der Waals surface area contributed by atoms with E-state index in [-0.39, 0.29) is 11.9 Å². The molecule has 1 saturated carbocycles. The van der Waals surface area contributed by atoms with Gasteiger partial charge in [0.15, 0.2) is 0 Å². The number of hydrogen-bond acceptors (Lipinski definition) is 4. The van der Waals surface area contributed by atoms with E-state index in [1.54, 1.807) is 11.3 Å². The summed E-state index contributed by atoms with van der Waals surface area (Å²) in [4.78, 5) is 16.9. The van der Waals surface area contributed by atoms with Gasteiger partial charge in [-0.15, -0.1) is 11.3 Å². The van der Waals surface area contributed by atoms with Crippen LogP contribution in [0.2, 0.25) is 5.02 Å². The van der Waals surface area contributed by atoms with Gasteiger partial charge in [0.05, 0.1) is 15.2 Å². The molecule has 2 aromatic rings. The van der Waals surface area contributed by atoms with Crippen molar-refractivity contribution in [3.8, 4) is 0 Å². The average Bonchev–Trinajstić information content (AvgIpc) is 3.02. The molecule has 4 nitrogen and oxygen atoms in total. The number of nitrogens with zero attached hydrogens (tertiary/aromatic N) is 1. The molecule has 25 heavy (non-hydrogen) atoms. The van der Waals surface area contributed by atoms with Crippen LogP contribution in [0.4, 0.5) is 0 Å². The Hall–Kier alpha value is -1.17. The highest BCUT2D eigenvalue weighted by molar-refractivity contribution is 7.18. The van der Waals surface area contributed by atoms with E-state index >= 15 is 0 Å². The molecule has 3 N–H and O–H groups in total. The first kappa shape index (κ1) is 18.6. The van der Waals surface area contributed by atoms with Crippen LogP contribution in [0.3, 0.4) is 0 Å². The van der Waals surface area contributed by atoms with Gasteiger partial charge in [0.1, 0.15) is 0 Å². The first-order valence-corrected chi connectivity index (χ1v) is 10.4. The van der Waals surface area contributed by atoms with E-state index < -0.39 is 0 Å². The molecular formula is C19H26ClN3OS. The predicted octanol–water partition coefficient (Wildman–Crippen LogP) is 4.30. The molecule has 3 rings (SSSR count). The topological polar surface area (TPSA) is 68.0 Å². The van der Waals surface area contributed by atoms with E-state index in [0.717, 1.165) is 27.6 Å². The van der Waals surface area contributed by atoms with Crippen LogP contribution >= 0.6 is 22.9 Å². The number of aromatic nitrogens is 1. The number of carbonyl (C=O) groups excluding carboxylic acids is 1. The number of thiazole rings is 1. The summed E-state index contributed by atoms with van der Waals surface area (Å²) >= 11 is 7.62. The summed E-state index contributed by atoms with van der Waals surface area (Å²) in [7, 11) is 0. The second-order valence-electron chi connectivity index (χ2n) is 6.96. The molecule has 0 bridgehead atoms. The zero-order valence-corrected chi connectivity index (χ0v) is 16.0. The molecule has 1 aromatic heterocycles. The monoisotopic (exact) mass is 379 g/mol. The predicted molar refractivity (Wildman–Crippen MR) is 105 cm³/mol. The second kappa shape index (κ2) is 8.97. The number of hydrogen-bond donors (Lipinski definition) is 2. The molecule has 1 unspecified atom stereocenters. The molecule has 0 aliphatic heterocycles. The van der Waals surface area contributed by atoms with E-state index in [2.05, 4.69) is 10.3 Å². The van der Waals surface area contributed by atoms with Crippen molar-refractivity contribution in [2.45, 2.75) is 57.4 Å². The fraction of sp³-hybridized carbons (Fsp3) is 0.579. The van der Waals surface area contributed by atoms with Crippen LogP contribution in [0.25, 0.3) is 10.2 Å². The standard InChI is InChI=1S/C19H26ClN3OS/c20-14-6-7-16-17(11-14)25-19(23-16)9-8-18(24)22-15(12-21)10-13-4-2-1-3-5-13/h6-7,11,13,15H,1-5,8-10,12,21H2,(H,22,24). The Morgan fingerprint density at radius 3 is 2.92 bits per heavy atom. The van der Waals surface area contributed by atoms with Crippen LogP contribution in [0.15, 0.2) is 18.2 Å². The molecule has 0 saturated heterocycles. The van der Waals surface area contributed by atoms with E-state index in [9.17, 15) is 4.79 Å². The minimum Gasteiger partial charge on any atom is -0.352 e.